The highest BCUT2D eigenvalue weighted by atomic mass is 79.9. The van der Waals surface area contributed by atoms with Crippen molar-refractivity contribution in [2.24, 2.45) is 0 Å². The van der Waals surface area contributed by atoms with E-state index in [4.69, 9.17) is 4.74 Å². The molecule has 0 saturated heterocycles. The van der Waals surface area contributed by atoms with Crippen molar-refractivity contribution in [1.82, 2.24) is 0 Å². The van der Waals surface area contributed by atoms with Crippen molar-refractivity contribution in [3.05, 3.63) is 35.0 Å². The maximum absolute atomic E-state index is 5.13. The van der Waals surface area contributed by atoms with E-state index in [0.717, 1.165) is 5.75 Å². The van der Waals surface area contributed by atoms with Gasteiger partial charge in [-0.3, -0.25) is 0 Å². The first-order valence-corrected chi connectivity index (χ1v) is 8.52. The second-order valence-electron chi connectivity index (χ2n) is 3.74. The number of benzene rings is 1. The predicted octanol–water partition coefficient (Wildman–Crippen LogP) is 3.06. The van der Waals surface area contributed by atoms with Gasteiger partial charge >= 0.3 is 0 Å². The van der Waals surface area contributed by atoms with Crippen molar-refractivity contribution in [3.8, 4) is 5.75 Å². The molecule has 0 aliphatic carbocycles. The van der Waals surface area contributed by atoms with Crippen LogP contribution in [0.3, 0.4) is 0 Å². The molecule has 0 atom stereocenters. The van der Waals surface area contributed by atoms with E-state index in [-0.39, 0.29) is 0 Å². The first kappa shape index (κ1) is 11.5. The molecule has 0 spiro atoms. The zero-order valence-corrected chi connectivity index (χ0v) is 11.3. The smallest absolute Gasteiger partial charge is 0.118 e. The molecule has 1 rings (SSSR count). The molecule has 0 heterocycles. The Bertz CT molecular complexity index is 317. The highest BCUT2D eigenvalue weighted by molar-refractivity contribution is 9.11. The minimum atomic E-state index is -1.40. The van der Waals surface area contributed by atoms with Gasteiger partial charge in [0.1, 0.15) is 13.8 Å². The minimum absolute atomic E-state index is 0.918. The van der Waals surface area contributed by atoms with E-state index in [1.807, 2.05) is 17.1 Å². The van der Waals surface area contributed by atoms with Crippen LogP contribution in [-0.2, 0) is 0 Å². The summed E-state index contributed by atoms with van der Waals surface area (Å²) in [7, 11) is 0.292. The van der Waals surface area contributed by atoms with Crippen molar-refractivity contribution in [3.63, 3.8) is 0 Å². The average molecular weight is 271 g/mol. The maximum atomic E-state index is 5.13. The van der Waals surface area contributed by atoms with E-state index in [2.05, 4.69) is 46.9 Å². The van der Waals surface area contributed by atoms with Crippen LogP contribution in [0.25, 0.3) is 0 Å². The van der Waals surface area contributed by atoms with Crippen LogP contribution in [0, 0.1) is 0 Å². The van der Waals surface area contributed by atoms with Gasteiger partial charge in [0, 0.05) is 0 Å². The molecule has 0 saturated carbocycles. The molecule has 0 aliphatic rings. The SMILES string of the molecule is COc1ccc([Si](C)(C)/C=C/Br)cc1. The number of methoxy groups -OCH3 is 1. The standard InChI is InChI=1S/C11H15BrOSi/c1-13-10-4-6-11(7-5-10)14(2,3)9-8-12/h4-9H,1-3H3/b9-8+. The van der Waals surface area contributed by atoms with Gasteiger partial charge in [0.15, 0.2) is 0 Å². The molecule has 3 heteroatoms. The normalized spacial score (nSPS) is 12.0. The Balaban J connectivity index is 2.96. The lowest BCUT2D eigenvalue weighted by molar-refractivity contribution is 0.415. The second kappa shape index (κ2) is 4.80. The quantitative estimate of drug-likeness (QED) is 0.768. The summed E-state index contributed by atoms with van der Waals surface area (Å²) >= 11 is 3.34. The summed E-state index contributed by atoms with van der Waals surface area (Å²) in [5.41, 5.74) is 2.26. The number of hydrogen-bond acceptors (Lipinski definition) is 1. The molecular formula is C11H15BrOSi. The van der Waals surface area contributed by atoms with Gasteiger partial charge < -0.3 is 4.74 Å². The lowest BCUT2D eigenvalue weighted by atomic mass is 10.3. The van der Waals surface area contributed by atoms with Gasteiger partial charge in [0.2, 0.25) is 0 Å². The summed E-state index contributed by atoms with van der Waals surface area (Å²) in [5.74, 6) is 0.918. The maximum Gasteiger partial charge on any atom is 0.118 e. The van der Waals surface area contributed by atoms with Crippen LogP contribution >= 0.6 is 15.9 Å². The summed E-state index contributed by atoms with van der Waals surface area (Å²) in [6.07, 6.45) is 0. The molecule has 1 nitrogen and oxygen atoms in total. The van der Waals surface area contributed by atoms with Crippen LogP contribution in [0.15, 0.2) is 35.0 Å². The van der Waals surface area contributed by atoms with Gasteiger partial charge in [-0.25, -0.2) is 0 Å². The van der Waals surface area contributed by atoms with Crippen LogP contribution in [-0.4, -0.2) is 15.2 Å². The molecule has 0 amide bonds. The monoisotopic (exact) mass is 270 g/mol. The van der Waals surface area contributed by atoms with Crippen LogP contribution in [0.4, 0.5) is 0 Å². The topological polar surface area (TPSA) is 9.23 Å². The Kier molecular flexibility index (Phi) is 3.95. The molecule has 0 N–H and O–H groups in total. The Morgan fingerprint density at radius 2 is 1.79 bits per heavy atom. The first-order chi connectivity index (χ1) is 6.60. The van der Waals surface area contributed by atoms with Crippen molar-refractivity contribution < 1.29 is 4.74 Å². The average Bonchev–Trinajstić information content (AvgIpc) is 2.18. The summed E-state index contributed by atoms with van der Waals surface area (Å²) in [6.45, 7) is 4.62. The Hall–Kier alpha value is -0.543. The van der Waals surface area contributed by atoms with Crippen molar-refractivity contribution in [1.29, 1.82) is 0 Å². The van der Waals surface area contributed by atoms with Gasteiger partial charge in [-0.05, 0) is 17.1 Å². The molecule has 0 aliphatic heterocycles. The fourth-order valence-corrected chi connectivity index (χ4v) is 4.79. The fraction of sp³-hybridized carbons (Fsp3) is 0.273. The third kappa shape index (κ3) is 2.72. The van der Waals surface area contributed by atoms with E-state index in [1.54, 1.807) is 7.11 Å². The van der Waals surface area contributed by atoms with E-state index >= 15 is 0 Å². The largest absolute Gasteiger partial charge is 0.497 e. The molecular weight excluding hydrogens is 256 g/mol. The van der Waals surface area contributed by atoms with Gasteiger partial charge in [0.25, 0.3) is 0 Å². The molecule has 76 valence electrons. The third-order valence-corrected chi connectivity index (χ3v) is 5.89. The molecule has 1 aromatic carbocycles. The molecule has 0 aromatic heterocycles. The fourth-order valence-electron chi connectivity index (χ4n) is 1.27. The van der Waals surface area contributed by atoms with Gasteiger partial charge in [-0.1, -0.05) is 52.0 Å². The van der Waals surface area contributed by atoms with Crippen LogP contribution in [0.5, 0.6) is 5.75 Å². The molecule has 0 bridgehead atoms. The highest BCUT2D eigenvalue weighted by Gasteiger charge is 2.19. The van der Waals surface area contributed by atoms with E-state index < -0.39 is 8.07 Å². The molecule has 1 aromatic rings. The summed E-state index contributed by atoms with van der Waals surface area (Å²) < 4.78 is 5.13. The zero-order valence-electron chi connectivity index (χ0n) is 8.75. The molecule has 0 unspecified atom stereocenters. The number of ether oxygens (including phenoxy) is 1. The lowest BCUT2D eigenvalue weighted by Gasteiger charge is -2.18. The van der Waals surface area contributed by atoms with E-state index in [1.165, 1.54) is 5.19 Å². The zero-order chi connectivity index (χ0) is 10.6. The van der Waals surface area contributed by atoms with Crippen molar-refractivity contribution in [2.75, 3.05) is 7.11 Å². The van der Waals surface area contributed by atoms with Gasteiger partial charge in [-0.2, -0.15) is 0 Å². The van der Waals surface area contributed by atoms with Crippen LogP contribution in [0.1, 0.15) is 0 Å². The Morgan fingerprint density at radius 3 is 2.21 bits per heavy atom. The van der Waals surface area contributed by atoms with Crippen LogP contribution < -0.4 is 9.92 Å². The Labute approximate surface area is 94.9 Å². The van der Waals surface area contributed by atoms with Crippen LogP contribution in [0.2, 0.25) is 13.1 Å². The highest BCUT2D eigenvalue weighted by Crippen LogP contribution is 2.11. The minimum Gasteiger partial charge on any atom is -0.497 e. The predicted molar refractivity (Wildman–Crippen MR) is 68.2 cm³/mol. The molecule has 14 heavy (non-hydrogen) atoms. The number of hydrogen-bond donors (Lipinski definition) is 0. The van der Waals surface area contributed by atoms with Crippen molar-refractivity contribution in [2.45, 2.75) is 13.1 Å². The molecule has 0 fully saturated rings. The second-order valence-corrected chi connectivity index (χ2v) is 8.63. The first-order valence-electron chi connectivity index (χ1n) is 4.52. The third-order valence-electron chi connectivity index (χ3n) is 2.31. The Morgan fingerprint density at radius 1 is 1.21 bits per heavy atom. The van der Waals surface area contributed by atoms with E-state index in [0.29, 0.717) is 0 Å². The molecule has 0 radical (unpaired) electrons. The van der Waals surface area contributed by atoms with Gasteiger partial charge in [0.05, 0.1) is 7.11 Å². The van der Waals surface area contributed by atoms with E-state index in [9.17, 15) is 0 Å². The number of halogens is 1. The van der Waals surface area contributed by atoms with Crippen molar-refractivity contribution >= 4 is 29.2 Å². The summed E-state index contributed by atoms with van der Waals surface area (Å²) in [4.78, 5) is 1.96. The summed E-state index contributed by atoms with van der Waals surface area (Å²) in [6, 6.07) is 8.34. The van der Waals surface area contributed by atoms with Gasteiger partial charge in [-0.15, -0.1) is 0 Å². The summed E-state index contributed by atoms with van der Waals surface area (Å²) in [5, 5.41) is 1.41. The lowest BCUT2D eigenvalue weighted by Crippen LogP contribution is -2.39. The number of rotatable bonds is 3.